The van der Waals surface area contributed by atoms with Gasteiger partial charge in [0.05, 0.1) is 13.2 Å². The molecule has 0 aliphatic heterocycles. The fourth-order valence-corrected chi connectivity index (χ4v) is 2.47. The molecular formula is C17H20BrNO2. The summed E-state index contributed by atoms with van der Waals surface area (Å²) >= 11 is 3.40. The zero-order valence-electron chi connectivity index (χ0n) is 11.8. The van der Waals surface area contributed by atoms with Crippen LogP contribution in [0.3, 0.4) is 0 Å². The van der Waals surface area contributed by atoms with Crippen LogP contribution in [0.5, 0.6) is 0 Å². The number of halogens is 1. The summed E-state index contributed by atoms with van der Waals surface area (Å²) in [6, 6.07) is 17.5. The summed E-state index contributed by atoms with van der Waals surface area (Å²) in [4.78, 5) is 0. The van der Waals surface area contributed by atoms with Crippen molar-refractivity contribution in [3.8, 4) is 0 Å². The van der Waals surface area contributed by atoms with Crippen molar-refractivity contribution in [1.82, 2.24) is 0 Å². The van der Waals surface area contributed by atoms with E-state index in [0.717, 1.165) is 15.6 Å². The van der Waals surface area contributed by atoms with Crippen LogP contribution in [0, 0.1) is 0 Å². The minimum atomic E-state index is -1.04. The summed E-state index contributed by atoms with van der Waals surface area (Å²) in [7, 11) is 0. The SMILES string of the molecule is NCC[C@@](O)(COCc1ccc(Br)cc1)c1ccccc1. The predicted octanol–water partition coefficient (Wildman–Crippen LogP) is 3.20. The summed E-state index contributed by atoms with van der Waals surface area (Å²) in [6.45, 7) is 1.10. The third-order valence-corrected chi connectivity index (χ3v) is 3.92. The van der Waals surface area contributed by atoms with Crippen LogP contribution in [-0.4, -0.2) is 18.3 Å². The third-order valence-electron chi connectivity index (χ3n) is 3.39. The predicted molar refractivity (Wildman–Crippen MR) is 87.8 cm³/mol. The van der Waals surface area contributed by atoms with Crippen LogP contribution in [0.4, 0.5) is 0 Å². The Hall–Kier alpha value is -1.20. The van der Waals surface area contributed by atoms with Crippen molar-refractivity contribution >= 4 is 15.9 Å². The molecule has 1 atom stereocenters. The summed E-state index contributed by atoms with van der Waals surface area (Å²) < 4.78 is 6.75. The van der Waals surface area contributed by atoms with E-state index in [0.29, 0.717) is 19.6 Å². The van der Waals surface area contributed by atoms with E-state index in [-0.39, 0.29) is 6.61 Å². The van der Waals surface area contributed by atoms with Crippen LogP contribution in [-0.2, 0) is 16.9 Å². The molecule has 3 N–H and O–H groups in total. The molecule has 0 aromatic heterocycles. The van der Waals surface area contributed by atoms with Gasteiger partial charge in [0.1, 0.15) is 5.60 Å². The maximum absolute atomic E-state index is 10.8. The van der Waals surface area contributed by atoms with Crippen molar-refractivity contribution < 1.29 is 9.84 Å². The van der Waals surface area contributed by atoms with Gasteiger partial charge in [0.15, 0.2) is 0 Å². The molecule has 0 fully saturated rings. The lowest BCUT2D eigenvalue weighted by Gasteiger charge is -2.28. The summed E-state index contributed by atoms with van der Waals surface area (Å²) in [6.07, 6.45) is 0.470. The normalized spacial score (nSPS) is 13.9. The number of nitrogens with two attached hydrogens (primary N) is 1. The molecule has 0 bridgehead atoms. The second-order valence-electron chi connectivity index (χ2n) is 5.06. The zero-order chi connectivity index (χ0) is 15.1. The van der Waals surface area contributed by atoms with E-state index in [9.17, 15) is 5.11 Å². The molecule has 0 aliphatic carbocycles. The number of rotatable bonds is 7. The monoisotopic (exact) mass is 349 g/mol. The van der Waals surface area contributed by atoms with Gasteiger partial charge < -0.3 is 15.6 Å². The number of hydrogen-bond acceptors (Lipinski definition) is 3. The van der Waals surface area contributed by atoms with Crippen molar-refractivity contribution in [2.24, 2.45) is 5.73 Å². The summed E-state index contributed by atoms with van der Waals surface area (Å²) in [5, 5.41) is 10.8. The fraction of sp³-hybridized carbons (Fsp3) is 0.294. The molecule has 0 spiro atoms. The van der Waals surface area contributed by atoms with Gasteiger partial charge in [0.2, 0.25) is 0 Å². The second-order valence-corrected chi connectivity index (χ2v) is 5.97. The molecule has 0 radical (unpaired) electrons. The molecule has 0 unspecified atom stereocenters. The second kappa shape index (κ2) is 7.71. The Labute approximate surface area is 133 Å². The zero-order valence-corrected chi connectivity index (χ0v) is 13.4. The molecule has 2 aromatic carbocycles. The van der Waals surface area contributed by atoms with Crippen LogP contribution in [0.1, 0.15) is 17.5 Å². The van der Waals surface area contributed by atoms with E-state index in [1.165, 1.54) is 0 Å². The van der Waals surface area contributed by atoms with E-state index < -0.39 is 5.60 Å². The highest BCUT2D eigenvalue weighted by molar-refractivity contribution is 9.10. The van der Waals surface area contributed by atoms with Gasteiger partial charge in [0, 0.05) is 4.47 Å². The van der Waals surface area contributed by atoms with E-state index in [2.05, 4.69) is 15.9 Å². The molecule has 21 heavy (non-hydrogen) atoms. The largest absolute Gasteiger partial charge is 0.383 e. The standard InChI is InChI=1S/C17H20BrNO2/c18-16-8-6-14(7-9-16)12-21-13-17(20,10-11-19)15-4-2-1-3-5-15/h1-9,20H,10-13,19H2/t17-/m1/s1. The Bertz CT molecular complexity index is 544. The average Bonchev–Trinajstić information content (AvgIpc) is 2.50. The summed E-state index contributed by atoms with van der Waals surface area (Å²) in [5.41, 5.74) is 6.50. The van der Waals surface area contributed by atoms with Gasteiger partial charge in [-0.15, -0.1) is 0 Å². The minimum Gasteiger partial charge on any atom is -0.383 e. The molecule has 0 saturated carbocycles. The van der Waals surface area contributed by atoms with Gasteiger partial charge in [-0.25, -0.2) is 0 Å². The molecular weight excluding hydrogens is 330 g/mol. The molecule has 0 saturated heterocycles. The first kappa shape index (κ1) is 16.2. The lowest BCUT2D eigenvalue weighted by atomic mass is 9.91. The van der Waals surface area contributed by atoms with Crippen LogP contribution in [0.2, 0.25) is 0 Å². The van der Waals surface area contributed by atoms with Crippen molar-refractivity contribution in [2.45, 2.75) is 18.6 Å². The van der Waals surface area contributed by atoms with Crippen molar-refractivity contribution in [3.63, 3.8) is 0 Å². The number of ether oxygens (including phenoxy) is 1. The molecule has 0 heterocycles. The van der Waals surface area contributed by atoms with Crippen molar-refractivity contribution in [2.75, 3.05) is 13.2 Å². The molecule has 3 nitrogen and oxygen atoms in total. The number of aliphatic hydroxyl groups is 1. The molecule has 0 amide bonds. The quantitative estimate of drug-likeness (QED) is 0.806. The van der Waals surface area contributed by atoms with E-state index in [4.69, 9.17) is 10.5 Å². The molecule has 112 valence electrons. The van der Waals surface area contributed by atoms with E-state index in [1.807, 2.05) is 54.6 Å². The van der Waals surface area contributed by atoms with Crippen LogP contribution >= 0.6 is 15.9 Å². The highest BCUT2D eigenvalue weighted by Gasteiger charge is 2.28. The number of benzene rings is 2. The maximum atomic E-state index is 10.8. The topological polar surface area (TPSA) is 55.5 Å². The molecule has 2 aromatic rings. The lowest BCUT2D eigenvalue weighted by molar-refractivity contribution is -0.0602. The Balaban J connectivity index is 1.98. The van der Waals surface area contributed by atoms with Crippen LogP contribution in [0.25, 0.3) is 0 Å². The molecule has 2 rings (SSSR count). The lowest BCUT2D eigenvalue weighted by Crippen LogP contribution is -2.34. The van der Waals surface area contributed by atoms with Gasteiger partial charge in [-0.2, -0.15) is 0 Å². The van der Waals surface area contributed by atoms with Gasteiger partial charge in [0.25, 0.3) is 0 Å². The van der Waals surface area contributed by atoms with E-state index >= 15 is 0 Å². The molecule has 4 heteroatoms. The van der Waals surface area contributed by atoms with Gasteiger partial charge in [-0.3, -0.25) is 0 Å². The van der Waals surface area contributed by atoms with Gasteiger partial charge >= 0.3 is 0 Å². The first-order valence-corrected chi connectivity index (χ1v) is 7.73. The number of hydrogen-bond donors (Lipinski definition) is 2. The first-order chi connectivity index (χ1) is 10.1. The average molecular weight is 350 g/mol. The van der Waals surface area contributed by atoms with E-state index in [1.54, 1.807) is 0 Å². The fourth-order valence-electron chi connectivity index (χ4n) is 2.21. The Morgan fingerprint density at radius 1 is 1.05 bits per heavy atom. The maximum Gasteiger partial charge on any atom is 0.114 e. The van der Waals surface area contributed by atoms with Gasteiger partial charge in [-0.05, 0) is 36.2 Å². The molecule has 0 aliphatic rings. The van der Waals surface area contributed by atoms with Crippen molar-refractivity contribution in [3.05, 3.63) is 70.2 Å². The Morgan fingerprint density at radius 2 is 1.71 bits per heavy atom. The Kier molecular flexibility index (Phi) is 5.94. The van der Waals surface area contributed by atoms with Gasteiger partial charge in [-0.1, -0.05) is 58.4 Å². The smallest absolute Gasteiger partial charge is 0.114 e. The first-order valence-electron chi connectivity index (χ1n) is 6.94. The highest BCUT2D eigenvalue weighted by Crippen LogP contribution is 2.25. The van der Waals surface area contributed by atoms with Crippen molar-refractivity contribution in [1.29, 1.82) is 0 Å². The minimum absolute atomic E-state index is 0.226. The Morgan fingerprint density at radius 3 is 2.33 bits per heavy atom. The van der Waals surface area contributed by atoms with Crippen LogP contribution < -0.4 is 5.73 Å². The third kappa shape index (κ3) is 4.64. The summed E-state index contributed by atoms with van der Waals surface area (Å²) in [5.74, 6) is 0. The van der Waals surface area contributed by atoms with Crippen LogP contribution in [0.15, 0.2) is 59.1 Å². The highest BCUT2D eigenvalue weighted by atomic mass is 79.9.